The highest BCUT2D eigenvalue weighted by molar-refractivity contribution is 6.04. The molecular formula is C21H34O. The summed E-state index contributed by atoms with van der Waals surface area (Å²) in [6.45, 7) is 14.6. The summed E-state index contributed by atoms with van der Waals surface area (Å²) >= 11 is 0. The lowest BCUT2D eigenvalue weighted by Crippen LogP contribution is -2.29. The van der Waals surface area contributed by atoms with Gasteiger partial charge in [-0.25, -0.2) is 0 Å². The van der Waals surface area contributed by atoms with E-state index in [2.05, 4.69) is 32.9 Å². The molecule has 22 heavy (non-hydrogen) atoms. The second-order valence-electron chi connectivity index (χ2n) is 6.51. The first-order valence-electron chi connectivity index (χ1n) is 9.17. The molecule has 0 radical (unpaired) electrons. The lowest BCUT2D eigenvalue weighted by Gasteiger charge is -2.37. The Kier molecular flexibility index (Phi) is 6.84. The second kappa shape index (κ2) is 7.94. The zero-order valence-electron chi connectivity index (χ0n) is 15.7. The van der Waals surface area contributed by atoms with Gasteiger partial charge in [-0.3, -0.25) is 4.79 Å². The van der Waals surface area contributed by atoms with Crippen LogP contribution in [-0.2, 0) is 5.41 Å². The SMILES string of the molecule is CC.CC.Cc1ccc(C)c2c1C(=O)CC21CCC(C)CC1. The number of carbonyl (C=O) groups excluding carboxylic acids is 1. The van der Waals surface area contributed by atoms with E-state index in [9.17, 15) is 4.79 Å². The molecule has 0 heterocycles. The quantitative estimate of drug-likeness (QED) is 0.542. The molecule has 0 atom stereocenters. The first-order chi connectivity index (χ1) is 10.5. The van der Waals surface area contributed by atoms with Crippen molar-refractivity contribution in [3.63, 3.8) is 0 Å². The standard InChI is InChI=1S/C17H22O.2C2H6/c1-11-6-8-17(9-7-11)10-14(18)15-12(2)4-5-13(3)16(15)17;2*1-2/h4-5,11H,6-10H2,1-3H3;2*1-2H3. The maximum atomic E-state index is 12.4. The number of fused-ring (bicyclic) bond motifs is 2. The van der Waals surface area contributed by atoms with E-state index in [-0.39, 0.29) is 5.41 Å². The van der Waals surface area contributed by atoms with Crippen molar-refractivity contribution in [3.05, 3.63) is 34.4 Å². The lowest BCUT2D eigenvalue weighted by molar-refractivity contribution is 0.0955. The number of ketones is 1. The maximum absolute atomic E-state index is 12.4. The summed E-state index contributed by atoms with van der Waals surface area (Å²) in [6, 6.07) is 4.31. The Morgan fingerprint density at radius 1 is 0.955 bits per heavy atom. The van der Waals surface area contributed by atoms with E-state index in [1.165, 1.54) is 42.4 Å². The van der Waals surface area contributed by atoms with Crippen molar-refractivity contribution in [2.24, 2.45) is 5.92 Å². The normalized spacial score (nSPS) is 25.8. The van der Waals surface area contributed by atoms with Crippen LogP contribution in [0.15, 0.2) is 12.1 Å². The van der Waals surface area contributed by atoms with E-state index in [1.807, 2.05) is 27.7 Å². The van der Waals surface area contributed by atoms with Gasteiger partial charge in [0.15, 0.2) is 5.78 Å². The summed E-state index contributed by atoms with van der Waals surface area (Å²) in [4.78, 5) is 12.4. The Labute approximate surface area is 137 Å². The number of carbonyl (C=O) groups is 1. The zero-order valence-corrected chi connectivity index (χ0v) is 15.7. The summed E-state index contributed by atoms with van der Waals surface area (Å²) in [5.74, 6) is 1.22. The molecule has 1 nitrogen and oxygen atoms in total. The van der Waals surface area contributed by atoms with Crippen LogP contribution in [0, 0.1) is 19.8 Å². The van der Waals surface area contributed by atoms with Crippen molar-refractivity contribution < 1.29 is 4.79 Å². The number of Topliss-reactive ketones (excluding diaryl/α,β-unsaturated/α-hetero) is 1. The molecule has 0 amide bonds. The van der Waals surface area contributed by atoms with Gasteiger partial charge in [0.25, 0.3) is 0 Å². The Bertz CT molecular complexity index is 505. The average Bonchev–Trinajstić information content (AvgIpc) is 2.84. The summed E-state index contributed by atoms with van der Waals surface area (Å²) in [6.07, 6.45) is 5.73. The third kappa shape index (κ3) is 3.29. The maximum Gasteiger partial charge on any atom is 0.164 e. The molecule has 1 spiro atoms. The molecular weight excluding hydrogens is 268 g/mol. The molecule has 1 saturated carbocycles. The molecule has 2 aliphatic carbocycles. The topological polar surface area (TPSA) is 17.1 Å². The van der Waals surface area contributed by atoms with E-state index >= 15 is 0 Å². The van der Waals surface area contributed by atoms with Gasteiger partial charge in [-0.1, -0.05) is 46.8 Å². The fourth-order valence-electron chi connectivity index (χ4n) is 4.08. The highest BCUT2D eigenvalue weighted by Crippen LogP contribution is 2.51. The molecule has 0 N–H and O–H groups in total. The number of benzene rings is 1. The molecule has 2 aliphatic rings. The van der Waals surface area contributed by atoms with Gasteiger partial charge in [0.1, 0.15) is 0 Å². The number of aryl methyl sites for hydroxylation is 2. The van der Waals surface area contributed by atoms with E-state index in [0.717, 1.165) is 17.9 Å². The number of hydrogen-bond donors (Lipinski definition) is 0. The molecule has 0 saturated heterocycles. The molecule has 0 aliphatic heterocycles. The van der Waals surface area contributed by atoms with E-state index in [0.29, 0.717) is 5.78 Å². The van der Waals surface area contributed by atoms with Crippen LogP contribution in [0.4, 0.5) is 0 Å². The monoisotopic (exact) mass is 302 g/mol. The predicted octanol–water partition coefficient (Wildman–Crippen LogP) is 6.39. The van der Waals surface area contributed by atoms with Gasteiger partial charge in [0, 0.05) is 17.4 Å². The average molecular weight is 303 g/mol. The van der Waals surface area contributed by atoms with Crippen molar-refractivity contribution in [1.82, 2.24) is 0 Å². The van der Waals surface area contributed by atoms with Gasteiger partial charge in [-0.05, 0) is 62.1 Å². The highest BCUT2D eigenvalue weighted by Gasteiger charge is 2.46. The van der Waals surface area contributed by atoms with Gasteiger partial charge >= 0.3 is 0 Å². The molecule has 1 heteroatoms. The first kappa shape index (κ1) is 18.9. The van der Waals surface area contributed by atoms with Crippen LogP contribution >= 0.6 is 0 Å². The van der Waals surface area contributed by atoms with Gasteiger partial charge in [-0.2, -0.15) is 0 Å². The smallest absolute Gasteiger partial charge is 0.164 e. The summed E-state index contributed by atoms with van der Waals surface area (Å²) < 4.78 is 0. The molecule has 1 aromatic carbocycles. The molecule has 0 aromatic heterocycles. The molecule has 0 bridgehead atoms. The minimum absolute atomic E-state index is 0.190. The molecule has 0 unspecified atom stereocenters. The Morgan fingerprint density at radius 2 is 1.45 bits per heavy atom. The van der Waals surface area contributed by atoms with Crippen LogP contribution in [0.5, 0.6) is 0 Å². The number of rotatable bonds is 0. The predicted molar refractivity (Wildman–Crippen MR) is 96.9 cm³/mol. The fourth-order valence-corrected chi connectivity index (χ4v) is 4.08. The Hall–Kier alpha value is -1.11. The van der Waals surface area contributed by atoms with E-state index in [4.69, 9.17) is 0 Å². The fraction of sp³-hybridized carbons (Fsp3) is 0.667. The third-order valence-electron chi connectivity index (χ3n) is 5.16. The van der Waals surface area contributed by atoms with Crippen LogP contribution < -0.4 is 0 Å². The van der Waals surface area contributed by atoms with Gasteiger partial charge in [-0.15, -0.1) is 0 Å². The van der Waals surface area contributed by atoms with Gasteiger partial charge in [0.05, 0.1) is 0 Å². The minimum atomic E-state index is 0.190. The van der Waals surface area contributed by atoms with Crippen LogP contribution in [0.1, 0.15) is 93.8 Å². The molecule has 124 valence electrons. The molecule has 3 rings (SSSR count). The summed E-state index contributed by atoms with van der Waals surface area (Å²) in [7, 11) is 0. The van der Waals surface area contributed by atoms with Crippen molar-refractivity contribution >= 4 is 5.78 Å². The largest absolute Gasteiger partial charge is 0.294 e. The Morgan fingerprint density at radius 3 is 2.00 bits per heavy atom. The highest BCUT2D eigenvalue weighted by atomic mass is 16.1. The lowest BCUT2D eigenvalue weighted by atomic mass is 9.66. The van der Waals surface area contributed by atoms with Crippen molar-refractivity contribution in [2.75, 3.05) is 0 Å². The van der Waals surface area contributed by atoms with Crippen LogP contribution in [0.2, 0.25) is 0 Å². The van der Waals surface area contributed by atoms with Crippen LogP contribution in [0.25, 0.3) is 0 Å². The summed E-state index contributed by atoms with van der Waals surface area (Å²) in [5, 5.41) is 0. The minimum Gasteiger partial charge on any atom is -0.294 e. The van der Waals surface area contributed by atoms with Crippen LogP contribution in [-0.4, -0.2) is 5.78 Å². The van der Waals surface area contributed by atoms with Crippen molar-refractivity contribution in [1.29, 1.82) is 0 Å². The third-order valence-corrected chi connectivity index (χ3v) is 5.16. The molecule has 1 fully saturated rings. The zero-order chi connectivity index (χ0) is 16.9. The van der Waals surface area contributed by atoms with E-state index < -0.39 is 0 Å². The van der Waals surface area contributed by atoms with Crippen molar-refractivity contribution in [2.45, 2.75) is 86.0 Å². The van der Waals surface area contributed by atoms with E-state index in [1.54, 1.807) is 0 Å². The number of hydrogen-bond acceptors (Lipinski definition) is 1. The first-order valence-corrected chi connectivity index (χ1v) is 9.17. The Balaban J connectivity index is 0.000000561. The second-order valence-corrected chi connectivity index (χ2v) is 6.51. The van der Waals surface area contributed by atoms with Crippen molar-refractivity contribution in [3.8, 4) is 0 Å². The van der Waals surface area contributed by atoms with Crippen LogP contribution in [0.3, 0.4) is 0 Å². The van der Waals surface area contributed by atoms with Gasteiger partial charge < -0.3 is 0 Å². The summed E-state index contributed by atoms with van der Waals surface area (Å²) in [5.41, 5.74) is 5.16. The van der Waals surface area contributed by atoms with Gasteiger partial charge in [0.2, 0.25) is 0 Å². The molecule has 1 aromatic rings.